The lowest BCUT2D eigenvalue weighted by Gasteiger charge is -2.05. The highest BCUT2D eigenvalue weighted by molar-refractivity contribution is 5.97. The average Bonchev–Trinajstić information content (AvgIpc) is 2.19. The van der Waals surface area contributed by atoms with E-state index in [0.717, 1.165) is 11.3 Å². The summed E-state index contributed by atoms with van der Waals surface area (Å²) in [7, 11) is 0. The van der Waals surface area contributed by atoms with Crippen LogP contribution in [0.15, 0.2) is 29.3 Å². The van der Waals surface area contributed by atoms with Gasteiger partial charge in [0, 0.05) is 12.1 Å². The normalized spacial score (nSPS) is 11.4. The summed E-state index contributed by atoms with van der Waals surface area (Å²) in [6, 6.07) is 7.65. The van der Waals surface area contributed by atoms with Crippen molar-refractivity contribution in [2.24, 2.45) is 10.7 Å². The molecule has 0 unspecified atom stereocenters. The first-order valence-corrected chi connectivity index (χ1v) is 4.81. The number of amidine groups is 1. The smallest absolute Gasteiger partial charge is 0.125 e. The maximum atomic E-state index is 5.77. The molecular weight excluding hydrogens is 176 g/mol. The van der Waals surface area contributed by atoms with Crippen molar-refractivity contribution in [2.45, 2.75) is 13.8 Å². The van der Waals surface area contributed by atoms with Gasteiger partial charge < -0.3 is 10.5 Å². The van der Waals surface area contributed by atoms with Gasteiger partial charge in [-0.2, -0.15) is 0 Å². The van der Waals surface area contributed by atoms with Crippen LogP contribution in [-0.2, 0) is 0 Å². The topological polar surface area (TPSA) is 47.6 Å². The van der Waals surface area contributed by atoms with Gasteiger partial charge in [0.15, 0.2) is 0 Å². The van der Waals surface area contributed by atoms with Crippen LogP contribution in [0.1, 0.15) is 19.4 Å². The van der Waals surface area contributed by atoms with Crippen molar-refractivity contribution >= 4 is 5.84 Å². The monoisotopic (exact) mass is 192 g/mol. The number of nitrogens with two attached hydrogens (primary N) is 1. The van der Waals surface area contributed by atoms with Gasteiger partial charge in [-0.25, -0.2) is 0 Å². The van der Waals surface area contributed by atoms with Crippen LogP contribution < -0.4 is 10.5 Å². The highest BCUT2D eigenvalue weighted by Gasteiger charge is 1.99. The van der Waals surface area contributed by atoms with Gasteiger partial charge in [0.05, 0.1) is 6.61 Å². The van der Waals surface area contributed by atoms with Crippen molar-refractivity contribution in [3.05, 3.63) is 29.8 Å². The SMILES string of the molecule is CCN=C(N)c1cccc(OCC)c1. The number of benzene rings is 1. The van der Waals surface area contributed by atoms with E-state index in [0.29, 0.717) is 19.0 Å². The van der Waals surface area contributed by atoms with Crippen molar-refractivity contribution in [3.63, 3.8) is 0 Å². The number of aliphatic imine (C=N–C) groups is 1. The number of hydrogen-bond acceptors (Lipinski definition) is 2. The Balaban J connectivity index is 2.87. The predicted molar refractivity (Wildman–Crippen MR) is 58.9 cm³/mol. The van der Waals surface area contributed by atoms with Crippen molar-refractivity contribution in [1.29, 1.82) is 0 Å². The average molecular weight is 192 g/mol. The summed E-state index contributed by atoms with van der Waals surface area (Å²) in [4.78, 5) is 4.13. The molecule has 0 radical (unpaired) electrons. The molecule has 0 spiro atoms. The van der Waals surface area contributed by atoms with E-state index in [4.69, 9.17) is 10.5 Å². The second kappa shape index (κ2) is 5.27. The van der Waals surface area contributed by atoms with Crippen LogP contribution >= 0.6 is 0 Å². The number of rotatable bonds is 4. The van der Waals surface area contributed by atoms with Crippen LogP contribution in [0.3, 0.4) is 0 Å². The molecule has 76 valence electrons. The Morgan fingerprint density at radius 1 is 1.43 bits per heavy atom. The molecule has 3 heteroatoms. The third-order valence-electron chi connectivity index (χ3n) is 1.77. The molecule has 14 heavy (non-hydrogen) atoms. The number of nitrogens with zero attached hydrogens (tertiary/aromatic N) is 1. The van der Waals surface area contributed by atoms with Crippen molar-refractivity contribution < 1.29 is 4.74 Å². The van der Waals surface area contributed by atoms with E-state index in [2.05, 4.69) is 4.99 Å². The molecule has 0 heterocycles. The molecule has 3 nitrogen and oxygen atoms in total. The predicted octanol–water partition coefficient (Wildman–Crippen LogP) is 1.81. The summed E-state index contributed by atoms with van der Waals surface area (Å²) in [6.45, 7) is 5.27. The van der Waals surface area contributed by atoms with E-state index in [1.165, 1.54) is 0 Å². The molecule has 0 aliphatic rings. The standard InChI is InChI=1S/C11H16N2O/c1-3-13-11(12)9-6-5-7-10(8-9)14-4-2/h5-8H,3-4H2,1-2H3,(H2,12,13). The highest BCUT2D eigenvalue weighted by Crippen LogP contribution is 2.12. The molecule has 0 aliphatic heterocycles. The lowest BCUT2D eigenvalue weighted by Crippen LogP contribution is -2.13. The van der Waals surface area contributed by atoms with E-state index < -0.39 is 0 Å². The van der Waals surface area contributed by atoms with E-state index in [-0.39, 0.29) is 0 Å². The van der Waals surface area contributed by atoms with Crippen LogP contribution in [0.5, 0.6) is 5.75 Å². The van der Waals surface area contributed by atoms with Gasteiger partial charge in [-0.05, 0) is 26.0 Å². The Hall–Kier alpha value is -1.51. The van der Waals surface area contributed by atoms with Gasteiger partial charge >= 0.3 is 0 Å². The maximum absolute atomic E-state index is 5.77. The van der Waals surface area contributed by atoms with Gasteiger partial charge in [-0.15, -0.1) is 0 Å². The Morgan fingerprint density at radius 3 is 2.86 bits per heavy atom. The first-order valence-electron chi connectivity index (χ1n) is 4.81. The van der Waals surface area contributed by atoms with Gasteiger partial charge in [0.1, 0.15) is 11.6 Å². The minimum absolute atomic E-state index is 0.564. The minimum atomic E-state index is 0.564. The summed E-state index contributed by atoms with van der Waals surface area (Å²) in [6.07, 6.45) is 0. The van der Waals surface area contributed by atoms with Crippen molar-refractivity contribution in [3.8, 4) is 5.75 Å². The molecule has 0 bridgehead atoms. The van der Waals surface area contributed by atoms with Gasteiger partial charge in [0.2, 0.25) is 0 Å². The van der Waals surface area contributed by atoms with E-state index in [9.17, 15) is 0 Å². The second-order valence-electron chi connectivity index (χ2n) is 2.82. The largest absolute Gasteiger partial charge is 0.494 e. The molecule has 0 aliphatic carbocycles. The summed E-state index contributed by atoms with van der Waals surface area (Å²) in [5.74, 6) is 1.40. The molecule has 1 aromatic carbocycles. The summed E-state index contributed by atoms with van der Waals surface area (Å²) < 4.78 is 5.36. The molecule has 1 aromatic rings. The summed E-state index contributed by atoms with van der Waals surface area (Å²) in [5, 5.41) is 0. The molecule has 1 rings (SSSR count). The molecule has 0 aromatic heterocycles. The van der Waals surface area contributed by atoms with Gasteiger partial charge in [0.25, 0.3) is 0 Å². The molecule has 2 N–H and O–H groups in total. The molecular formula is C11H16N2O. The van der Waals surface area contributed by atoms with Gasteiger partial charge in [-0.3, -0.25) is 4.99 Å². The van der Waals surface area contributed by atoms with Crippen molar-refractivity contribution in [2.75, 3.05) is 13.2 Å². The Kier molecular flexibility index (Phi) is 3.98. The summed E-state index contributed by atoms with van der Waals surface area (Å²) in [5.41, 5.74) is 6.68. The first kappa shape index (κ1) is 10.6. The van der Waals surface area contributed by atoms with Crippen LogP contribution in [0, 0.1) is 0 Å². The van der Waals surface area contributed by atoms with Crippen LogP contribution in [0.4, 0.5) is 0 Å². The zero-order valence-electron chi connectivity index (χ0n) is 8.66. The maximum Gasteiger partial charge on any atom is 0.125 e. The summed E-state index contributed by atoms with van der Waals surface area (Å²) >= 11 is 0. The third-order valence-corrected chi connectivity index (χ3v) is 1.77. The molecule has 0 atom stereocenters. The number of ether oxygens (including phenoxy) is 1. The van der Waals surface area contributed by atoms with Crippen LogP contribution in [0.25, 0.3) is 0 Å². The molecule has 0 amide bonds. The highest BCUT2D eigenvalue weighted by atomic mass is 16.5. The van der Waals surface area contributed by atoms with E-state index in [1.807, 2.05) is 38.1 Å². The quantitative estimate of drug-likeness (QED) is 0.584. The van der Waals surface area contributed by atoms with E-state index >= 15 is 0 Å². The van der Waals surface area contributed by atoms with Crippen molar-refractivity contribution in [1.82, 2.24) is 0 Å². The minimum Gasteiger partial charge on any atom is -0.494 e. The Bertz CT molecular complexity index is 321. The fourth-order valence-corrected chi connectivity index (χ4v) is 1.17. The zero-order valence-corrected chi connectivity index (χ0v) is 8.66. The van der Waals surface area contributed by atoms with Crippen LogP contribution in [0.2, 0.25) is 0 Å². The third kappa shape index (κ3) is 2.76. The second-order valence-corrected chi connectivity index (χ2v) is 2.82. The molecule has 0 saturated heterocycles. The lowest BCUT2D eigenvalue weighted by atomic mass is 10.2. The van der Waals surface area contributed by atoms with E-state index in [1.54, 1.807) is 0 Å². The van der Waals surface area contributed by atoms with Crippen LogP contribution in [-0.4, -0.2) is 19.0 Å². The Morgan fingerprint density at radius 2 is 2.21 bits per heavy atom. The first-order chi connectivity index (χ1) is 6.77. The fourth-order valence-electron chi connectivity index (χ4n) is 1.17. The lowest BCUT2D eigenvalue weighted by molar-refractivity contribution is 0.340. The Labute approximate surface area is 84.6 Å². The number of hydrogen-bond donors (Lipinski definition) is 1. The zero-order chi connectivity index (χ0) is 10.4. The fraction of sp³-hybridized carbons (Fsp3) is 0.364. The van der Waals surface area contributed by atoms with Gasteiger partial charge in [-0.1, -0.05) is 12.1 Å². The molecule has 0 saturated carbocycles. The molecule has 0 fully saturated rings.